The smallest absolute Gasteiger partial charge is 0.153 e. The number of H-pyrrole nitrogens is 1. The van der Waals surface area contributed by atoms with E-state index in [-0.39, 0.29) is 6.10 Å². The Morgan fingerprint density at radius 3 is 2.60 bits per heavy atom. The topological polar surface area (TPSA) is 37.9 Å². The molecular weight excluding hydrogens is 248 g/mol. The summed E-state index contributed by atoms with van der Waals surface area (Å²) >= 11 is 0. The quantitative estimate of drug-likeness (QED) is 0.709. The standard InChI is InChI=1S/C17H24N2O/c1-3-4-5-6-7-15-8-10-16(11-9-15)20-14(2)17-18-12-13-19-17/h8-14H,3-7H2,1-2H3,(H,18,19). The van der Waals surface area contributed by atoms with Crippen molar-refractivity contribution in [2.24, 2.45) is 0 Å². The summed E-state index contributed by atoms with van der Waals surface area (Å²) in [6.45, 7) is 4.24. The first kappa shape index (κ1) is 14.6. The molecule has 0 spiro atoms. The lowest BCUT2D eigenvalue weighted by atomic mass is 10.1. The molecule has 0 aliphatic carbocycles. The van der Waals surface area contributed by atoms with E-state index in [0.29, 0.717) is 0 Å². The van der Waals surface area contributed by atoms with Gasteiger partial charge in [0, 0.05) is 12.4 Å². The van der Waals surface area contributed by atoms with E-state index >= 15 is 0 Å². The summed E-state index contributed by atoms with van der Waals surface area (Å²) in [5.74, 6) is 1.75. The molecule has 2 rings (SSSR count). The van der Waals surface area contributed by atoms with E-state index in [1.807, 2.05) is 13.1 Å². The van der Waals surface area contributed by atoms with Crippen molar-refractivity contribution in [3.63, 3.8) is 0 Å². The van der Waals surface area contributed by atoms with Gasteiger partial charge in [-0.15, -0.1) is 0 Å². The van der Waals surface area contributed by atoms with E-state index in [1.54, 1.807) is 6.20 Å². The Bertz CT molecular complexity index is 476. The molecule has 1 N–H and O–H groups in total. The van der Waals surface area contributed by atoms with Crippen molar-refractivity contribution in [2.45, 2.75) is 52.1 Å². The molecule has 20 heavy (non-hydrogen) atoms. The number of benzene rings is 1. The van der Waals surface area contributed by atoms with Crippen LogP contribution >= 0.6 is 0 Å². The van der Waals surface area contributed by atoms with Gasteiger partial charge in [0.1, 0.15) is 11.6 Å². The number of imidazole rings is 1. The molecule has 0 bridgehead atoms. The highest BCUT2D eigenvalue weighted by Crippen LogP contribution is 2.20. The molecule has 0 fully saturated rings. The number of unbranched alkanes of at least 4 members (excludes halogenated alkanes) is 3. The first-order valence-electron chi connectivity index (χ1n) is 7.54. The third-order valence-electron chi connectivity index (χ3n) is 3.46. The molecule has 2 aromatic rings. The van der Waals surface area contributed by atoms with Gasteiger partial charge >= 0.3 is 0 Å². The highest BCUT2D eigenvalue weighted by atomic mass is 16.5. The monoisotopic (exact) mass is 272 g/mol. The maximum Gasteiger partial charge on any atom is 0.153 e. The minimum Gasteiger partial charge on any atom is -0.483 e. The number of nitrogens with zero attached hydrogens (tertiary/aromatic N) is 1. The molecule has 1 aromatic carbocycles. The number of aryl methyl sites for hydroxylation is 1. The van der Waals surface area contributed by atoms with Crippen LogP contribution in [-0.2, 0) is 6.42 Å². The second kappa shape index (κ2) is 7.73. The van der Waals surface area contributed by atoms with Gasteiger partial charge in [-0.1, -0.05) is 38.3 Å². The average molecular weight is 272 g/mol. The summed E-state index contributed by atoms with van der Waals surface area (Å²) < 4.78 is 5.86. The summed E-state index contributed by atoms with van der Waals surface area (Å²) in [5, 5.41) is 0. The molecule has 1 heterocycles. The van der Waals surface area contributed by atoms with Crippen molar-refractivity contribution in [1.82, 2.24) is 9.97 Å². The minimum absolute atomic E-state index is 0.0552. The fourth-order valence-electron chi connectivity index (χ4n) is 2.25. The number of hydrogen-bond donors (Lipinski definition) is 1. The van der Waals surface area contributed by atoms with Gasteiger partial charge in [0.15, 0.2) is 6.10 Å². The summed E-state index contributed by atoms with van der Waals surface area (Å²) in [5.41, 5.74) is 1.39. The van der Waals surface area contributed by atoms with Gasteiger partial charge in [0.25, 0.3) is 0 Å². The Labute approximate surface area is 121 Å². The SMILES string of the molecule is CCCCCCc1ccc(OC(C)c2ncc[nH]2)cc1. The number of hydrogen-bond acceptors (Lipinski definition) is 2. The zero-order valence-corrected chi connectivity index (χ0v) is 12.4. The van der Waals surface area contributed by atoms with Crippen molar-refractivity contribution in [1.29, 1.82) is 0 Å². The Kier molecular flexibility index (Phi) is 5.66. The predicted octanol–water partition coefficient (Wildman–Crippen LogP) is 4.67. The second-order valence-electron chi connectivity index (χ2n) is 5.19. The second-order valence-corrected chi connectivity index (χ2v) is 5.19. The van der Waals surface area contributed by atoms with Crippen LogP contribution in [-0.4, -0.2) is 9.97 Å². The molecule has 0 saturated carbocycles. The molecule has 1 unspecified atom stereocenters. The molecule has 0 amide bonds. The van der Waals surface area contributed by atoms with Crippen molar-refractivity contribution in [3.8, 4) is 5.75 Å². The van der Waals surface area contributed by atoms with E-state index < -0.39 is 0 Å². The van der Waals surface area contributed by atoms with Gasteiger partial charge in [-0.3, -0.25) is 0 Å². The van der Waals surface area contributed by atoms with E-state index in [1.165, 1.54) is 31.2 Å². The lowest BCUT2D eigenvalue weighted by Crippen LogP contribution is -2.04. The Hall–Kier alpha value is -1.77. The maximum absolute atomic E-state index is 5.86. The van der Waals surface area contributed by atoms with Crippen LogP contribution in [0, 0.1) is 0 Å². The molecule has 0 saturated heterocycles. The van der Waals surface area contributed by atoms with E-state index in [0.717, 1.165) is 18.0 Å². The van der Waals surface area contributed by atoms with Crippen molar-refractivity contribution in [3.05, 3.63) is 48.0 Å². The van der Waals surface area contributed by atoms with Crippen LogP contribution in [0.2, 0.25) is 0 Å². The average Bonchev–Trinajstić information content (AvgIpc) is 3.00. The molecular formula is C17H24N2O. The number of aromatic amines is 1. The van der Waals surface area contributed by atoms with Gasteiger partial charge in [-0.2, -0.15) is 0 Å². The van der Waals surface area contributed by atoms with Crippen LogP contribution in [0.4, 0.5) is 0 Å². The molecule has 0 aliphatic heterocycles. The first-order valence-corrected chi connectivity index (χ1v) is 7.54. The fourth-order valence-corrected chi connectivity index (χ4v) is 2.25. The summed E-state index contributed by atoms with van der Waals surface area (Å²) in [4.78, 5) is 7.28. The van der Waals surface area contributed by atoms with Crippen LogP contribution in [0.3, 0.4) is 0 Å². The zero-order valence-electron chi connectivity index (χ0n) is 12.4. The Morgan fingerprint density at radius 2 is 1.95 bits per heavy atom. The van der Waals surface area contributed by atoms with E-state index in [2.05, 4.69) is 41.2 Å². The number of ether oxygens (including phenoxy) is 1. The predicted molar refractivity (Wildman–Crippen MR) is 81.9 cm³/mol. The van der Waals surface area contributed by atoms with Gasteiger partial charge in [0.05, 0.1) is 0 Å². The largest absolute Gasteiger partial charge is 0.483 e. The summed E-state index contributed by atoms with van der Waals surface area (Å²) in [7, 11) is 0. The molecule has 0 radical (unpaired) electrons. The van der Waals surface area contributed by atoms with Crippen molar-refractivity contribution < 1.29 is 4.74 Å². The van der Waals surface area contributed by atoms with Gasteiger partial charge in [0.2, 0.25) is 0 Å². The third kappa shape index (κ3) is 4.41. The minimum atomic E-state index is -0.0552. The molecule has 3 heteroatoms. The highest BCUT2D eigenvalue weighted by molar-refractivity contribution is 5.27. The number of nitrogens with one attached hydrogen (secondary N) is 1. The highest BCUT2D eigenvalue weighted by Gasteiger charge is 2.09. The van der Waals surface area contributed by atoms with Crippen molar-refractivity contribution >= 4 is 0 Å². The summed E-state index contributed by atoms with van der Waals surface area (Å²) in [6.07, 6.45) is 9.89. The van der Waals surface area contributed by atoms with Gasteiger partial charge in [-0.05, 0) is 37.5 Å². The van der Waals surface area contributed by atoms with Crippen LogP contribution in [0.25, 0.3) is 0 Å². The van der Waals surface area contributed by atoms with Crippen molar-refractivity contribution in [2.75, 3.05) is 0 Å². The zero-order chi connectivity index (χ0) is 14.2. The lowest BCUT2D eigenvalue weighted by Gasteiger charge is -2.12. The van der Waals surface area contributed by atoms with Crippen LogP contribution in [0.1, 0.15) is 57.0 Å². The Morgan fingerprint density at radius 1 is 1.15 bits per heavy atom. The Balaban J connectivity index is 1.82. The number of aromatic nitrogens is 2. The fraction of sp³-hybridized carbons (Fsp3) is 0.471. The third-order valence-corrected chi connectivity index (χ3v) is 3.46. The molecule has 108 valence electrons. The van der Waals surface area contributed by atoms with Gasteiger partial charge < -0.3 is 9.72 Å². The maximum atomic E-state index is 5.86. The molecule has 3 nitrogen and oxygen atoms in total. The van der Waals surface area contributed by atoms with Crippen LogP contribution in [0.5, 0.6) is 5.75 Å². The van der Waals surface area contributed by atoms with E-state index in [9.17, 15) is 0 Å². The molecule has 1 atom stereocenters. The molecule has 0 aliphatic rings. The van der Waals surface area contributed by atoms with E-state index in [4.69, 9.17) is 4.74 Å². The molecule has 1 aromatic heterocycles. The van der Waals surface area contributed by atoms with Gasteiger partial charge in [-0.25, -0.2) is 4.98 Å². The lowest BCUT2D eigenvalue weighted by molar-refractivity contribution is 0.217. The van der Waals surface area contributed by atoms with Crippen LogP contribution in [0.15, 0.2) is 36.7 Å². The summed E-state index contributed by atoms with van der Waals surface area (Å²) in [6, 6.07) is 8.43. The normalized spacial score (nSPS) is 12.3. The number of rotatable bonds is 8. The van der Waals surface area contributed by atoms with Crippen LogP contribution < -0.4 is 4.74 Å². The first-order chi connectivity index (χ1) is 9.79.